The van der Waals surface area contributed by atoms with Gasteiger partial charge in [-0.1, -0.05) is 28.7 Å². The second-order valence-electron chi connectivity index (χ2n) is 4.84. The number of nitrogens with one attached hydrogen (secondary N) is 1. The maximum atomic E-state index is 11.8. The summed E-state index contributed by atoms with van der Waals surface area (Å²) >= 11 is 5.98. The summed E-state index contributed by atoms with van der Waals surface area (Å²) in [5.41, 5.74) is 2.20. The minimum atomic E-state index is -1.19. The fourth-order valence-corrected chi connectivity index (χ4v) is 2.24. The third-order valence-electron chi connectivity index (χ3n) is 3.21. The number of hydrogen-bond donors (Lipinski definition) is 3. The van der Waals surface area contributed by atoms with Gasteiger partial charge in [-0.2, -0.15) is 0 Å². The standard InChI is InChI=1S/C15H12BClN2O4/c1-7-10(3-9(17)4-11(7)16)8-2-12(20)14(18-5-8)15(23)19-6-13(21)22/h2-5,20H,6H2,1H3,(H,19,23)(H,21,22). The molecule has 2 aromatic rings. The molecule has 6 nitrogen and oxygen atoms in total. The van der Waals surface area contributed by atoms with E-state index >= 15 is 0 Å². The molecule has 0 saturated heterocycles. The van der Waals surface area contributed by atoms with Crippen molar-refractivity contribution < 1.29 is 19.8 Å². The molecule has 0 saturated carbocycles. The molecule has 1 aromatic carbocycles. The second-order valence-corrected chi connectivity index (χ2v) is 5.27. The Labute approximate surface area is 138 Å². The van der Waals surface area contributed by atoms with Crippen molar-refractivity contribution in [3.05, 3.63) is 40.7 Å². The van der Waals surface area contributed by atoms with Crippen LogP contribution in [-0.2, 0) is 4.79 Å². The molecule has 2 radical (unpaired) electrons. The van der Waals surface area contributed by atoms with Crippen LogP contribution in [-0.4, -0.2) is 41.5 Å². The molecule has 0 aliphatic carbocycles. The Balaban J connectivity index is 2.37. The summed E-state index contributed by atoms with van der Waals surface area (Å²) in [7, 11) is 5.86. The second kappa shape index (κ2) is 6.70. The Bertz CT molecular complexity index is 795. The zero-order chi connectivity index (χ0) is 17.1. The maximum Gasteiger partial charge on any atom is 0.322 e. The van der Waals surface area contributed by atoms with Gasteiger partial charge >= 0.3 is 5.97 Å². The van der Waals surface area contributed by atoms with Gasteiger partial charge in [0.15, 0.2) is 5.69 Å². The zero-order valence-electron chi connectivity index (χ0n) is 12.1. The summed E-state index contributed by atoms with van der Waals surface area (Å²) in [6.07, 6.45) is 1.38. The predicted octanol–water partition coefficient (Wildman–Crippen LogP) is 1.02. The van der Waals surface area contributed by atoms with E-state index in [9.17, 15) is 14.7 Å². The van der Waals surface area contributed by atoms with Crippen LogP contribution in [0.5, 0.6) is 5.75 Å². The van der Waals surface area contributed by atoms with Crippen molar-refractivity contribution in [1.29, 1.82) is 0 Å². The third kappa shape index (κ3) is 3.81. The van der Waals surface area contributed by atoms with Crippen molar-refractivity contribution in [2.45, 2.75) is 6.92 Å². The Morgan fingerprint density at radius 1 is 1.35 bits per heavy atom. The number of carboxylic acid groups (broad SMARTS) is 1. The van der Waals surface area contributed by atoms with Gasteiger partial charge in [0, 0.05) is 16.8 Å². The van der Waals surface area contributed by atoms with E-state index in [1.165, 1.54) is 12.3 Å². The molecule has 0 bridgehead atoms. The smallest absolute Gasteiger partial charge is 0.322 e. The van der Waals surface area contributed by atoms with Gasteiger partial charge in [0.2, 0.25) is 0 Å². The number of pyridine rings is 1. The van der Waals surface area contributed by atoms with E-state index in [4.69, 9.17) is 24.6 Å². The van der Waals surface area contributed by atoms with Crippen LogP contribution in [0.2, 0.25) is 5.02 Å². The number of aromatic hydroxyl groups is 1. The fraction of sp³-hybridized carbons (Fsp3) is 0.133. The highest BCUT2D eigenvalue weighted by Crippen LogP contribution is 2.28. The van der Waals surface area contributed by atoms with E-state index in [1.807, 2.05) is 0 Å². The largest absolute Gasteiger partial charge is 0.505 e. The maximum absolute atomic E-state index is 11.8. The van der Waals surface area contributed by atoms with Crippen molar-refractivity contribution in [2.24, 2.45) is 0 Å². The Kier molecular flexibility index (Phi) is 4.90. The van der Waals surface area contributed by atoms with Gasteiger partial charge in [-0.3, -0.25) is 9.59 Å². The van der Waals surface area contributed by atoms with E-state index in [0.29, 0.717) is 21.6 Å². The number of carboxylic acids is 1. The lowest BCUT2D eigenvalue weighted by Gasteiger charge is -2.11. The summed E-state index contributed by atoms with van der Waals surface area (Å²) in [4.78, 5) is 26.1. The Morgan fingerprint density at radius 2 is 2.04 bits per heavy atom. The highest BCUT2D eigenvalue weighted by molar-refractivity contribution is 6.37. The highest BCUT2D eigenvalue weighted by Gasteiger charge is 2.16. The topological polar surface area (TPSA) is 99.5 Å². The molecule has 1 amide bonds. The molecule has 0 atom stereocenters. The number of aromatic nitrogens is 1. The van der Waals surface area contributed by atoms with Crippen molar-refractivity contribution in [3.8, 4) is 16.9 Å². The van der Waals surface area contributed by atoms with Gasteiger partial charge in [-0.25, -0.2) is 4.98 Å². The first-order chi connectivity index (χ1) is 10.8. The van der Waals surface area contributed by atoms with Crippen LogP contribution < -0.4 is 10.8 Å². The van der Waals surface area contributed by atoms with Gasteiger partial charge in [0.05, 0.1) is 0 Å². The average molecular weight is 331 g/mol. The zero-order valence-corrected chi connectivity index (χ0v) is 12.9. The van der Waals surface area contributed by atoms with E-state index < -0.39 is 18.4 Å². The van der Waals surface area contributed by atoms with Crippen molar-refractivity contribution in [3.63, 3.8) is 0 Å². The number of carbonyl (C=O) groups is 2. The third-order valence-corrected chi connectivity index (χ3v) is 3.42. The summed E-state index contributed by atoms with van der Waals surface area (Å²) in [6.45, 7) is 1.23. The minimum Gasteiger partial charge on any atom is -0.505 e. The first-order valence-corrected chi connectivity index (χ1v) is 6.92. The molecule has 0 aliphatic heterocycles. The number of carbonyl (C=O) groups excluding carboxylic acids is 1. The van der Waals surface area contributed by atoms with Gasteiger partial charge in [0.25, 0.3) is 5.91 Å². The average Bonchev–Trinajstić information content (AvgIpc) is 2.48. The lowest BCUT2D eigenvalue weighted by molar-refractivity contribution is -0.135. The van der Waals surface area contributed by atoms with E-state index in [1.54, 1.807) is 19.1 Å². The number of rotatable bonds is 4. The number of aliphatic carboxylic acids is 1. The first kappa shape index (κ1) is 16.8. The quantitative estimate of drug-likeness (QED) is 0.727. The van der Waals surface area contributed by atoms with Crippen molar-refractivity contribution in [1.82, 2.24) is 10.3 Å². The van der Waals surface area contributed by atoms with Crippen molar-refractivity contribution in [2.75, 3.05) is 6.54 Å². The van der Waals surface area contributed by atoms with Gasteiger partial charge < -0.3 is 15.5 Å². The molecule has 1 heterocycles. The number of halogens is 1. The summed E-state index contributed by atoms with van der Waals surface area (Å²) in [5.74, 6) is -2.35. The summed E-state index contributed by atoms with van der Waals surface area (Å²) in [5, 5.41) is 21.1. The van der Waals surface area contributed by atoms with Crippen LogP contribution in [0.15, 0.2) is 24.4 Å². The van der Waals surface area contributed by atoms with Crippen LogP contribution >= 0.6 is 11.6 Å². The molecule has 23 heavy (non-hydrogen) atoms. The Morgan fingerprint density at radius 3 is 2.65 bits per heavy atom. The number of amides is 1. The molecule has 0 fully saturated rings. The molecule has 1 aromatic heterocycles. The van der Waals surface area contributed by atoms with Gasteiger partial charge in [0.1, 0.15) is 20.1 Å². The summed E-state index contributed by atoms with van der Waals surface area (Å²) < 4.78 is 0. The van der Waals surface area contributed by atoms with Crippen molar-refractivity contribution >= 4 is 36.8 Å². The molecule has 0 unspecified atom stereocenters. The minimum absolute atomic E-state index is 0.261. The normalized spacial score (nSPS) is 10.3. The van der Waals surface area contributed by atoms with E-state index in [2.05, 4.69) is 10.3 Å². The molecular weight excluding hydrogens is 318 g/mol. The lowest BCUT2D eigenvalue weighted by Crippen LogP contribution is -2.29. The SMILES string of the molecule is [B]c1cc(Cl)cc(-c2cnc(C(=O)NCC(=O)O)c(O)c2)c1C. The Hall–Kier alpha value is -2.54. The van der Waals surface area contributed by atoms with Crippen LogP contribution in [0, 0.1) is 6.92 Å². The van der Waals surface area contributed by atoms with Crippen LogP contribution in [0.4, 0.5) is 0 Å². The number of benzene rings is 1. The molecule has 3 N–H and O–H groups in total. The van der Waals surface area contributed by atoms with Gasteiger partial charge in [-0.05, 0) is 24.6 Å². The number of nitrogens with zero attached hydrogens (tertiary/aromatic N) is 1. The van der Waals surface area contributed by atoms with E-state index in [-0.39, 0.29) is 11.4 Å². The highest BCUT2D eigenvalue weighted by atomic mass is 35.5. The van der Waals surface area contributed by atoms with Crippen LogP contribution in [0.25, 0.3) is 11.1 Å². The van der Waals surface area contributed by atoms with Crippen LogP contribution in [0.3, 0.4) is 0 Å². The molecule has 2 rings (SSSR count). The summed E-state index contributed by atoms with van der Waals surface area (Å²) in [6, 6.07) is 4.63. The fourth-order valence-electron chi connectivity index (χ4n) is 2.01. The van der Waals surface area contributed by atoms with Crippen LogP contribution in [0.1, 0.15) is 16.1 Å². The molecule has 116 valence electrons. The molecule has 8 heteroatoms. The molecule has 0 spiro atoms. The van der Waals surface area contributed by atoms with E-state index in [0.717, 1.165) is 5.56 Å². The molecule has 0 aliphatic rings. The lowest BCUT2D eigenvalue weighted by atomic mass is 9.86. The number of hydrogen-bond acceptors (Lipinski definition) is 4. The monoisotopic (exact) mass is 330 g/mol. The predicted molar refractivity (Wildman–Crippen MR) is 86.4 cm³/mol. The van der Waals surface area contributed by atoms with Gasteiger partial charge in [-0.15, -0.1) is 0 Å². The first-order valence-electron chi connectivity index (χ1n) is 6.54. The molecular formula is C15H12BClN2O4.